The van der Waals surface area contributed by atoms with Gasteiger partial charge in [0.25, 0.3) is 5.91 Å². The van der Waals surface area contributed by atoms with Crippen molar-refractivity contribution in [2.24, 2.45) is 0 Å². The van der Waals surface area contributed by atoms with Gasteiger partial charge in [-0.15, -0.1) is 0 Å². The van der Waals surface area contributed by atoms with Gasteiger partial charge in [-0.05, 0) is 25.1 Å². The van der Waals surface area contributed by atoms with Gasteiger partial charge in [0.2, 0.25) is 10.0 Å². The maximum atomic E-state index is 13.2. The molecule has 11 nitrogen and oxygen atoms in total. The predicted octanol–water partition coefficient (Wildman–Crippen LogP) is 5.44. The molecular weight excluding hydrogens is 570 g/mol. The van der Waals surface area contributed by atoms with Crippen LogP contribution < -0.4 is 14.4 Å². The zero-order chi connectivity index (χ0) is 30.5. The molecule has 0 aliphatic rings. The minimum Gasteiger partial charge on any atom is -0.493 e. The van der Waals surface area contributed by atoms with Crippen LogP contribution in [0.15, 0.2) is 75.8 Å². The van der Waals surface area contributed by atoms with Gasteiger partial charge in [0, 0.05) is 48.9 Å². The van der Waals surface area contributed by atoms with E-state index in [-0.39, 0.29) is 17.4 Å². The van der Waals surface area contributed by atoms with Crippen LogP contribution in [0.2, 0.25) is 0 Å². The van der Waals surface area contributed by atoms with Crippen LogP contribution in [0.25, 0.3) is 56.2 Å². The summed E-state index contributed by atoms with van der Waals surface area (Å²) in [6.07, 6.45) is 4.24. The fraction of sp³-hybridized carbons (Fsp3) is 0.161. The van der Waals surface area contributed by atoms with E-state index in [0.717, 1.165) is 16.1 Å². The Kier molecular flexibility index (Phi) is 6.85. The Bertz CT molecular complexity index is 2100. The van der Waals surface area contributed by atoms with Crippen LogP contribution >= 0.6 is 0 Å². The molecule has 0 unspecified atom stereocenters. The molecule has 4 aromatic heterocycles. The lowest BCUT2D eigenvalue weighted by atomic mass is 10.0. The van der Waals surface area contributed by atoms with Crippen LogP contribution in [0.1, 0.15) is 15.9 Å². The van der Waals surface area contributed by atoms with E-state index in [1.807, 2.05) is 31.2 Å². The van der Waals surface area contributed by atoms with E-state index < -0.39 is 10.0 Å². The molecular formula is C31H27N5O6S. The van der Waals surface area contributed by atoms with Crippen LogP contribution in [-0.2, 0) is 10.0 Å². The monoisotopic (exact) mass is 597 g/mol. The second-order valence-electron chi connectivity index (χ2n) is 9.96. The van der Waals surface area contributed by atoms with Crippen molar-refractivity contribution in [1.82, 2.24) is 20.3 Å². The van der Waals surface area contributed by atoms with Gasteiger partial charge in [0.05, 0.1) is 30.8 Å². The topological polar surface area (TPSA) is 141 Å². The minimum absolute atomic E-state index is 0.178. The smallest absolute Gasteiger partial charge is 0.255 e. The van der Waals surface area contributed by atoms with Crippen LogP contribution in [0.3, 0.4) is 0 Å². The molecule has 6 rings (SSSR count). The van der Waals surface area contributed by atoms with Crippen molar-refractivity contribution in [3.05, 3.63) is 78.1 Å². The second-order valence-corrected chi connectivity index (χ2v) is 12.0. The van der Waals surface area contributed by atoms with Gasteiger partial charge in [0.1, 0.15) is 16.9 Å². The van der Waals surface area contributed by atoms with Crippen molar-refractivity contribution in [2.45, 2.75) is 6.92 Å². The summed E-state index contributed by atoms with van der Waals surface area (Å²) >= 11 is 0. The van der Waals surface area contributed by atoms with Crippen molar-refractivity contribution in [3.63, 3.8) is 0 Å². The number of furan rings is 2. The Hall–Kier alpha value is -5.23. The zero-order valence-corrected chi connectivity index (χ0v) is 24.8. The molecule has 0 spiro atoms. The number of ether oxygens (including phenoxy) is 1. The summed E-state index contributed by atoms with van der Waals surface area (Å²) in [7, 11) is 0.733. The van der Waals surface area contributed by atoms with Gasteiger partial charge in [0.15, 0.2) is 28.6 Å². The minimum atomic E-state index is -3.72. The first-order valence-corrected chi connectivity index (χ1v) is 15.0. The summed E-state index contributed by atoms with van der Waals surface area (Å²) in [6, 6.07) is 16.1. The lowest BCUT2D eigenvalue weighted by molar-refractivity contribution is 0.0964. The number of carbonyl (C=O) groups excluding carboxylic acids is 1. The average Bonchev–Trinajstić information content (AvgIpc) is 3.61. The van der Waals surface area contributed by atoms with Gasteiger partial charge in [-0.1, -0.05) is 29.8 Å². The normalized spacial score (nSPS) is 11.7. The second kappa shape index (κ2) is 10.6. The van der Waals surface area contributed by atoms with E-state index in [0.29, 0.717) is 61.7 Å². The third kappa shape index (κ3) is 4.95. The van der Waals surface area contributed by atoms with Gasteiger partial charge in [-0.3, -0.25) is 14.1 Å². The molecule has 0 saturated heterocycles. The summed E-state index contributed by atoms with van der Waals surface area (Å²) in [4.78, 5) is 26.9. The number of rotatable bonds is 7. The number of carbonyl (C=O) groups is 1. The molecule has 0 saturated carbocycles. The van der Waals surface area contributed by atoms with Gasteiger partial charge in [-0.25, -0.2) is 18.4 Å². The maximum absolute atomic E-state index is 13.2. The van der Waals surface area contributed by atoms with E-state index in [2.05, 4.69) is 15.3 Å². The van der Waals surface area contributed by atoms with Gasteiger partial charge < -0.3 is 18.9 Å². The molecule has 0 radical (unpaired) electrons. The summed E-state index contributed by atoms with van der Waals surface area (Å²) in [5.74, 6) is 0.904. The molecule has 12 heteroatoms. The number of hydrogen-bond donors (Lipinski definition) is 1. The number of nitrogens with one attached hydrogen (secondary N) is 1. The maximum Gasteiger partial charge on any atom is 0.255 e. The van der Waals surface area contributed by atoms with Gasteiger partial charge >= 0.3 is 0 Å². The van der Waals surface area contributed by atoms with Crippen LogP contribution in [0.5, 0.6) is 5.75 Å². The predicted molar refractivity (Wildman–Crippen MR) is 164 cm³/mol. The van der Waals surface area contributed by atoms with Crippen molar-refractivity contribution < 1.29 is 26.8 Å². The summed E-state index contributed by atoms with van der Waals surface area (Å²) in [5.41, 5.74) is 4.51. The number of anilines is 1. The fourth-order valence-electron chi connectivity index (χ4n) is 4.82. The van der Waals surface area contributed by atoms with E-state index in [9.17, 15) is 13.2 Å². The lowest BCUT2D eigenvalue weighted by Gasteiger charge is -2.20. The highest BCUT2D eigenvalue weighted by Crippen LogP contribution is 2.42. The molecule has 0 bridgehead atoms. The lowest BCUT2D eigenvalue weighted by Crippen LogP contribution is -2.25. The number of sulfonamides is 1. The first kappa shape index (κ1) is 27.9. The molecule has 0 aliphatic heterocycles. The fourth-order valence-corrected chi connectivity index (χ4v) is 5.33. The Morgan fingerprint density at radius 2 is 1.79 bits per heavy atom. The quantitative estimate of drug-likeness (QED) is 0.255. The number of aryl methyl sites for hydroxylation is 1. The third-order valence-corrected chi connectivity index (χ3v) is 8.34. The molecule has 1 N–H and O–H groups in total. The number of benzene rings is 2. The summed E-state index contributed by atoms with van der Waals surface area (Å²) in [5, 5.41) is 3.15. The number of pyridine rings is 1. The Balaban J connectivity index is 1.64. The molecule has 0 fully saturated rings. The number of fused-ring (bicyclic) bond motifs is 2. The number of methoxy groups -OCH3 is 1. The molecule has 4 heterocycles. The average molecular weight is 598 g/mol. The van der Waals surface area contributed by atoms with Crippen molar-refractivity contribution >= 4 is 43.7 Å². The largest absolute Gasteiger partial charge is 0.493 e. The van der Waals surface area contributed by atoms with Crippen LogP contribution in [0, 0.1) is 6.92 Å². The van der Waals surface area contributed by atoms with E-state index in [4.69, 9.17) is 18.6 Å². The number of hydrogen-bond acceptors (Lipinski definition) is 9. The molecule has 0 atom stereocenters. The van der Waals surface area contributed by atoms with E-state index in [1.54, 1.807) is 36.5 Å². The first-order chi connectivity index (χ1) is 20.6. The number of amides is 1. The molecule has 218 valence electrons. The Morgan fingerprint density at radius 3 is 2.47 bits per heavy atom. The highest BCUT2D eigenvalue weighted by molar-refractivity contribution is 7.92. The van der Waals surface area contributed by atoms with Crippen molar-refractivity contribution in [2.75, 3.05) is 31.8 Å². The molecule has 1 amide bonds. The molecule has 0 aliphatic carbocycles. The summed E-state index contributed by atoms with van der Waals surface area (Å²) < 4.78 is 44.4. The Labute approximate surface area is 247 Å². The third-order valence-electron chi connectivity index (χ3n) is 7.15. The number of nitrogens with zero attached hydrogens (tertiary/aromatic N) is 4. The molecule has 6 aromatic rings. The van der Waals surface area contributed by atoms with Crippen LogP contribution in [-0.4, -0.2) is 56.7 Å². The van der Waals surface area contributed by atoms with E-state index >= 15 is 0 Å². The van der Waals surface area contributed by atoms with Crippen LogP contribution in [0.4, 0.5) is 5.69 Å². The zero-order valence-electron chi connectivity index (χ0n) is 24.0. The summed E-state index contributed by atoms with van der Waals surface area (Å²) in [6.45, 7) is 1.96. The molecule has 43 heavy (non-hydrogen) atoms. The number of aromatic nitrogens is 3. The highest BCUT2D eigenvalue weighted by atomic mass is 32.2. The Morgan fingerprint density at radius 1 is 1.02 bits per heavy atom. The van der Waals surface area contributed by atoms with Gasteiger partial charge in [-0.2, -0.15) is 0 Å². The first-order valence-electron chi connectivity index (χ1n) is 13.2. The SMILES string of the molecule is CNC(=O)c1c(-c2ccc(C)cc2)oc2cc(N(C)S(C)(=O)=O)c(-c3ncc(OC)c(-c4cc5ncccc5o4)n3)cc12. The van der Waals surface area contributed by atoms with Crippen molar-refractivity contribution in [3.8, 4) is 39.9 Å². The van der Waals surface area contributed by atoms with Crippen molar-refractivity contribution in [1.29, 1.82) is 0 Å². The standard InChI is InChI=1S/C31H27N5O6S/c1-17-8-10-18(11-9-17)29-27(31(37)32-2)20-13-19(22(15-24(20)42-29)36(3)43(5,38)39)30-34-16-26(40-4)28(35-30)25-14-21-23(41-25)7-6-12-33-21/h6-16H,1-5H3,(H,32,37). The highest BCUT2D eigenvalue weighted by Gasteiger charge is 2.27. The van der Waals surface area contributed by atoms with E-state index in [1.165, 1.54) is 27.4 Å². The molecule has 2 aromatic carbocycles.